The first-order chi connectivity index (χ1) is 12.0. The summed E-state index contributed by atoms with van der Waals surface area (Å²) in [6, 6.07) is 9.17. The van der Waals surface area contributed by atoms with Gasteiger partial charge in [0.15, 0.2) is 0 Å². The maximum Gasteiger partial charge on any atom is 0.244 e. The first kappa shape index (κ1) is 18.4. The van der Waals surface area contributed by atoms with Gasteiger partial charge in [-0.05, 0) is 31.2 Å². The van der Waals surface area contributed by atoms with Gasteiger partial charge in [0, 0.05) is 26.7 Å². The molecule has 2 fully saturated rings. The summed E-state index contributed by atoms with van der Waals surface area (Å²) < 4.78 is 32.7. The van der Waals surface area contributed by atoms with E-state index < -0.39 is 15.6 Å². The van der Waals surface area contributed by atoms with Crippen LogP contribution in [0.2, 0.25) is 0 Å². The van der Waals surface area contributed by atoms with Crippen molar-refractivity contribution in [2.24, 2.45) is 0 Å². The summed E-state index contributed by atoms with van der Waals surface area (Å²) in [6.45, 7) is 2.10. The Labute approximate surface area is 149 Å². The Hall–Kier alpha value is -1.44. The highest BCUT2D eigenvalue weighted by molar-refractivity contribution is 7.88. The summed E-state index contributed by atoms with van der Waals surface area (Å²) in [5.41, 5.74) is -0.136. The number of methoxy groups -OCH3 is 1. The smallest absolute Gasteiger partial charge is 0.244 e. The Morgan fingerprint density at radius 3 is 2.48 bits per heavy atom. The zero-order chi connectivity index (χ0) is 17.9. The topological polar surface area (TPSA) is 66.9 Å². The number of piperidine rings is 1. The summed E-state index contributed by atoms with van der Waals surface area (Å²) in [4.78, 5) is 14.9. The second kappa shape index (κ2) is 7.43. The first-order valence-corrected chi connectivity index (χ1v) is 10.4. The molecule has 1 aromatic carbocycles. The molecular weight excluding hydrogens is 340 g/mol. The van der Waals surface area contributed by atoms with Gasteiger partial charge >= 0.3 is 0 Å². The normalized spacial score (nSPS) is 25.0. The Morgan fingerprint density at radius 2 is 1.80 bits per heavy atom. The molecule has 1 aromatic rings. The quantitative estimate of drug-likeness (QED) is 0.767. The van der Waals surface area contributed by atoms with Gasteiger partial charge in [0.1, 0.15) is 5.54 Å². The molecule has 1 unspecified atom stereocenters. The minimum Gasteiger partial charge on any atom is -0.383 e. The minimum atomic E-state index is -3.54. The third-order valence-electron chi connectivity index (χ3n) is 5.23. The average Bonchev–Trinajstić information content (AvgIpc) is 3.02. The van der Waals surface area contributed by atoms with Crippen LogP contribution in [0.25, 0.3) is 0 Å². The van der Waals surface area contributed by atoms with Crippen molar-refractivity contribution in [2.75, 3.05) is 33.4 Å². The lowest BCUT2D eigenvalue weighted by atomic mass is 9.86. The van der Waals surface area contributed by atoms with E-state index in [1.54, 1.807) is 12.0 Å². The maximum atomic E-state index is 13.1. The first-order valence-electron chi connectivity index (χ1n) is 8.82. The van der Waals surface area contributed by atoms with Crippen molar-refractivity contribution in [3.05, 3.63) is 35.9 Å². The molecule has 7 heteroatoms. The number of sulfonamides is 1. The van der Waals surface area contributed by atoms with Crippen molar-refractivity contribution in [2.45, 2.75) is 37.0 Å². The zero-order valence-electron chi connectivity index (χ0n) is 14.7. The summed E-state index contributed by atoms with van der Waals surface area (Å²) >= 11 is 0. The van der Waals surface area contributed by atoms with Gasteiger partial charge in [-0.3, -0.25) is 4.79 Å². The van der Waals surface area contributed by atoms with Gasteiger partial charge in [-0.15, -0.1) is 0 Å². The fraction of sp³-hybridized carbons (Fsp3) is 0.611. The highest BCUT2D eigenvalue weighted by Gasteiger charge is 2.54. The van der Waals surface area contributed by atoms with E-state index in [4.69, 9.17) is 4.74 Å². The SMILES string of the molecule is COCCN1CCCC2(CCCN2S(=O)(=O)Cc2ccccc2)C1=O. The molecule has 1 spiro atoms. The van der Waals surface area contributed by atoms with Crippen LogP contribution in [0.15, 0.2) is 30.3 Å². The van der Waals surface area contributed by atoms with Gasteiger partial charge in [-0.25, -0.2) is 8.42 Å². The maximum absolute atomic E-state index is 13.1. The van der Waals surface area contributed by atoms with Crippen molar-refractivity contribution >= 4 is 15.9 Å². The van der Waals surface area contributed by atoms with Crippen LogP contribution in [-0.2, 0) is 25.3 Å². The van der Waals surface area contributed by atoms with Gasteiger partial charge in [-0.1, -0.05) is 30.3 Å². The van der Waals surface area contributed by atoms with Crippen LogP contribution >= 0.6 is 0 Å². The van der Waals surface area contributed by atoms with Crippen molar-refractivity contribution in [1.29, 1.82) is 0 Å². The van der Waals surface area contributed by atoms with Gasteiger partial charge in [0.05, 0.1) is 12.4 Å². The molecule has 0 radical (unpaired) electrons. The largest absolute Gasteiger partial charge is 0.383 e. The van der Waals surface area contributed by atoms with Gasteiger partial charge in [0.25, 0.3) is 0 Å². The predicted octanol–water partition coefficient (Wildman–Crippen LogP) is 1.62. The number of carbonyl (C=O) groups is 1. The monoisotopic (exact) mass is 366 g/mol. The van der Waals surface area contributed by atoms with Crippen molar-refractivity contribution in [1.82, 2.24) is 9.21 Å². The van der Waals surface area contributed by atoms with Crippen molar-refractivity contribution < 1.29 is 17.9 Å². The van der Waals surface area contributed by atoms with E-state index in [1.807, 2.05) is 30.3 Å². The molecule has 2 aliphatic heterocycles. The van der Waals surface area contributed by atoms with Crippen molar-refractivity contribution in [3.8, 4) is 0 Å². The second-order valence-electron chi connectivity index (χ2n) is 6.84. The number of hydrogen-bond donors (Lipinski definition) is 0. The highest BCUT2D eigenvalue weighted by atomic mass is 32.2. The fourth-order valence-electron chi connectivity index (χ4n) is 4.07. The Balaban J connectivity index is 1.84. The lowest BCUT2D eigenvalue weighted by molar-refractivity contribution is -0.145. The third kappa shape index (κ3) is 3.59. The van der Waals surface area contributed by atoms with Crippen LogP contribution in [0.5, 0.6) is 0 Å². The van der Waals surface area contributed by atoms with Crippen LogP contribution in [0, 0.1) is 0 Å². The lowest BCUT2D eigenvalue weighted by Crippen LogP contribution is -2.61. The van der Waals surface area contributed by atoms with Gasteiger partial charge < -0.3 is 9.64 Å². The number of likely N-dealkylation sites (tertiary alicyclic amines) is 1. The minimum absolute atomic E-state index is 0.0510. The van der Waals surface area contributed by atoms with E-state index in [1.165, 1.54) is 4.31 Å². The zero-order valence-corrected chi connectivity index (χ0v) is 15.5. The summed E-state index contributed by atoms with van der Waals surface area (Å²) in [5.74, 6) is -0.106. The third-order valence-corrected chi connectivity index (χ3v) is 7.13. The standard InChI is InChI=1S/C18H26N2O4S/c1-24-14-13-19-11-5-9-18(17(19)21)10-6-12-20(18)25(22,23)15-16-7-3-2-4-8-16/h2-4,7-8H,5-6,9-15H2,1H3. The molecule has 2 aliphatic rings. The summed E-state index contributed by atoms with van der Waals surface area (Å²) in [6.07, 6.45) is 2.79. The highest BCUT2D eigenvalue weighted by Crippen LogP contribution is 2.40. The number of nitrogens with zero attached hydrogens (tertiary/aromatic N) is 2. The molecule has 138 valence electrons. The molecule has 1 atom stereocenters. The molecule has 25 heavy (non-hydrogen) atoms. The van der Waals surface area contributed by atoms with E-state index in [9.17, 15) is 13.2 Å². The molecule has 6 nitrogen and oxygen atoms in total. The number of amides is 1. The molecule has 0 aromatic heterocycles. The molecular formula is C18H26N2O4S. The van der Waals surface area contributed by atoms with Crippen molar-refractivity contribution in [3.63, 3.8) is 0 Å². The van der Waals surface area contributed by atoms with E-state index >= 15 is 0 Å². The molecule has 2 heterocycles. The molecule has 0 aliphatic carbocycles. The van der Waals surface area contributed by atoms with E-state index in [-0.39, 0.29) is 11.7 Å². The Bertz CT molecular complexity index is 707. The average molecular weight is 366 g/mol. The molecule has 2 saturated heterocycles. The molecule has 1 amide bonds. The summed E-state index contributed by atoms with van der Waals surface area (Å²) in [5, 5.41) is 0. The number of rotatable bonds is 6. The number of hydrogen-bond acceptors (Lipinski definition) is 4. The van der Waals surface area contributed by atoms with Crippen LogP contribution in [0.1, 0.15) is 31.2 Å². The predicted molar refractivity (Wildman–Crippen MR) is 95.4 cm³/mol. The van der Waals surface area contributed by atoms with Crippen LogP contribution < -0.4 is 0 Å². The molecule has 0 saturated carbocycles. The molecule has 0 bridgehead atoms. The molecule has 3 rings (SSSR count). The Kier molecular flexibility index (Phi) is 5.46. The number of benzene rings is 1. The van der Waals surface area contributed by atoms with Crippen LogP contribution in [-0.4, -0.2) is 62.4 Å². The fourth-order valence-corrected chi connectivity index (χ4v) is 6.04. The second-order valence-corrected chi connectivity index (χ2v) is 8.73. The van der Waals surface area contributed by atoms with Gasteiger partial charge in [-0.2, -0.15) is 4.31 Å². The van der Waals surface area contributed by atoms with Crippen LogP contribution in [0.4, 0.5) is 0 Å². The molecule has 0 N–H and O–H groups in total. The van der Waals surface area contributed by atoms with E-state index in [0.717, 1.165) is 18.4 Å². The number of ether oxygens (including phenoxy) is 1. The number of carbonyl (C=O) groups excluding carboxylic acids is 1. The van der Waals surface area contributed by atoms with E-state index in [0.29, 0.717) is 39.1 Å². The Morgan fingerprint density at radius 1 is 1.12 bits per heavy atom. The lowest BCUT2D eigenvalue weighted by Gasteiger charge is -2.43. The summed E-state index contributed by atoms with van der Waals surface area (Å²) in [7, 11) is -1.94. The van der Waals surface area contributed by atoms with Crippen LogP contribution in [0.3, 0.4) is 0 Å². The van der Waals surface area contributed by atoms with Gasteiger partial charge in [0.2, 0.25) is 15.9 Å². The van der Waals surface area contributed by atoms with E-state index in [2.05, 4.69) is 0 Å².